The van der Waals surface area contributed by atoms with E-state index in [0.29, 0.717) is 16.8 Å². The van der Waals surface area contributed by atoms with E-state index >= 15 is 0 Å². The van der Waals surface area contributed by atoms with Crippen molar-refractivity contribution in [3.8, 4) is 0 Å². The van der Waals surface area contributed by atoms with Crippen LogP contribution in [-0.2, 0) is 16.0 Å². The molecule has 0 aliphatic heterocycles. The summed E-state index contributed by atoms with van der Waals surface area (Å²) in [7, 11) is 1.28. The highest BCUT2D eigenvalue weighted by molar-refractivity contribution is 6.06. The number of benzene rings is 2. The number of methoxy groups -OCH3 is 1. The van der Waals surface area contributed by atoms with Crippen LogP contribution in [0.2, 0.25) is 0 Å². The number of carbonyl (C=O) groups excluding carboxylic acids is 2. The van der Waals surface area contributed by atoms with Gasteiger partial charge in [0.25, 0.3) is 5.91 Å². The van der Waals surface area contributed by atoms with E-state index in [1.54, 1.807) is 30.6 Å². The number of amides is 1. The maximum atomic E-state index is 12.9. The Morgan fingerprint density at radius 3 is 2.62 bits per heavy atom. The molecule has 2 aromatic heterocycles. The third-order valence-electron chi connectivity index (χ3n) is 4.58. The number of aromatic nitrogens is 3. The van der Waals surface area contributed by atoms with Crippen molar-refractivity contribution in [1.29, 1.82) is 0 Å². The Hall–Kier alpha value is -3.87. The van der Waals surface area contributed by atoms with Gasteiger partial charge in [0.2, 0.25) is 0 Å². The summed E-state index contributed by atoms with van der Waals surface area (Å²) in [5.74, 6) is -0.958. The molecule has 7 nitrogen and oxygen atoms in total. The highest BCUT2D eigenvalue weighted by Crippen LogP contribution is 2.16. The smallest absolute Gasteiger partial charge is 0.328 e. The second-order valence-corrected chi connectivity index (χ2v) is 6.48. The van der Waals surface area contributed by atoms with Crippen molar-refractivity contribution in [3.63, 3.8) is 0 Å². The highest BCUT2D eigenvalue weighted by Gasteiger charge is 2.24. The van der Waals surface area contributed by atoms with Crippen LogP contribution in [0.4, 0.5) is 0 Å². The average Bonchev–Trinajstić information content (AvgIpc) is 2.77. The number of nitrogens with one attached hydrogen (secondary N) is 1. The van der Waals surface area contributed by atoms with Crippen LogP contribution in [0, 0.1) is 0 Å². The minimum atomic E-state index is -0.901. The SMILES string of the molecule is COC(=O)[C@H](Cc1cnc2ccccc2n1)NC(=O)c1cccc2cccnc12. The Bertz CT molecular complexity index is 1200. The minimum absolute atomic E-state index is 0.161. The molecule has 0 spiro atoms. The molecular weight excluding hydrogens is 368 g/mol. The van der Waals surface area contributed by atoms with Gasteiger partial charge < -0.3 is 10.1 Å². The summed E-state index contributed by atoms with van der Waals surface area (Å²) >= 11 is 0. The van der Waals surface area contributed by atoms with Crippen LogP contribution in [-0.4, -0.2) is 40.0 Å². The zero-order valence-electron chi connectivity index (χ0n) is 15.7. The van der Waals surface area contributed by atoms with Gasteiger partial charge in [-0.1, -0.05) is 30.3 Å². The zero-order valence-corrected chi connectivity index (χ0v) is 15.7. The topological polar surface area (TPSA) is 94.1 Å². The molecule has 0 unspecified atom stereocenters. The van der Waals surface area contributed by atoms with Gasteiger partial charge in [0.1, 0.15) is 6.04 Å². The third kappa shape index (κ3) is 3.89. The number of fused-ring (bicyclic) bond motifs is 2. The first-order valence-electron chi connectivity index (χ1n) is 9.09. The first kappa shape index (κ1) is 18.5. The number of esters is 1. The summed E-state index contributed by atoms with van der Waals surface area (Å²) in [6.45, 7) is 0. The molecule has 0 saturated carbocycles. The summed E-state index contributed by atoms with van der Waals surface area (Å²) in [5.41, 5.74) is 3.02. The zero-order chi connectivity index (χ0) is 20.2. The molecule has 1 N–H and O–H groups in total. The summed E-state index contributed by atoms with van der Waals surface area (Å²) in [6.07, 6.45) is 3.39. The van der Waals surface area contributed by atoms with E-state index in [1.807, 2.05) is 36.4 Å². The van der Waals surface area contributed by atoms with Crippen LogP contribution in [0.25, 0.3) is 21.9 Å². The van der Waals surface area contributed by atoms with E-state index < -0.39 is 17.9 Å². The fourth-order valence-corrected chi connectivity index (χ4v) is 3.16. The number of ether oxygens (including phenoxy) is 1. The van der Waals surface area contributed by atoms with Gasteiger partial charge in [0.15, 0.2) is 0 Å². The average molecular weight is 386 g/mol. The molecule has 29 heavy (non-hydrogen) atoms. The molecule has 0 bridgehead atoms. The van der Waals surface area contributed by atoms with Gasteiger partial charge in [-0.05, 0) is 24.3 Å². The van der Waals surface area contributed by atoms with Crippen molar-refractivity contribution in [2.24, 2.45) is 0 Å². The molecule has 0 radical (unpaired) electrons. The lowest BCUT2D eigenvalue weighted by Gasteiger charge is -2.17. The molecule has 1 atom stereocenters. The van der Waals surface area contributed by atoms with Crippen LogP contribution in [0.15, 0.2) is 67.0 Å². The van der Waals surface area contributed by atoms with E-state index in [4.69, 9.17) is 4.74 Å². The predicted molar refractivity (Wildman–Crippen MR) is 108 cm³/mol. The van der Waals surface area contributed by atoms with Crippen molar-refractivity contribution >= 4 is 33.8 Å². The van der Waals surface area contributed by atoms with Crippen molar-refractivity contribution in [1.82, 2.24) is 20.3 Å². The Labute approximate surface area is 166 Å². The van der Waals surface area contributed by atoms with Crippen LogP contribution in [0.1, 0.15) is 16.1 Å². The summed E-state index contributed by atoms with van der Waals surface area (Å²) in [6, 6.07) is 15.6. The van der Waals surface area contributed by atoms with Gasteiger partial charge in [0.05, 0.1) is 34.9 Å². The molecule has 144 valence electrons. The van der Waals surface area contributed by atoms with Crippen molar-refractivity contribution in [2.75, 3.05) is 7.11 Å². The summed E-state index contributed by atoms with van der Waals surface area (Å²) in [5, 5.41) is 3.59. The van der Waals surface area contributed by atoms with Gasteiger partial charge in [-0.25, -0.2) is 9.78 Å². The number of hydrogen-bond acceptors (Lipinski definition) is 6. The maximum Gasteiger partial charge on any atom is 0.328 e. The van der Waals surface area contributed by atoms with Crippen LogP contribution in [0.3, 0.4) is 0 Å². The lowest BCUT2D eigenvalue weighted by molar-refractivity contribution is -0.142. The normalized spacial score (nSPS) is 11.9. The number of nitrogens with zero attached hydrogens (tertiary/aromatic N) is 3. The predicted octanol–water partition coefficient (Wildman–Crippen LogP) is 2.69. The van der Waals surface area contributed by atoms with Crippen molar-refractivity contribution in [3.05, 3.63) is 78.2 Å². The molecule has 1 amide bonds. The van der Waals surface area contributed by atoms with Crippen LogP contribution in [0.5, 0.6) is 0 Å². The molecule has 2 heterocycles. The van der Waals surface area contributed by atoms with E-state index in [2.05, 4.69) is 20.3 Å². The largest absolute Gasteiger partial charge is 0.467 e. The van der Waals surface area contributed by atoms with E-state index in [9.17, 15) is 9.59 Å². The molecule has 4 rings (SSSR count). The van der Waals surface area contributed by atoms with Gasteiger partial charge in [-0.3, -0.25) is 14.8 Å². The second-order valence-electron chi connectivity index (χ2n) is 6.48. The lowest BCUT2D eigenvalue weighted by Crippen LogP contribution is -2.43. The number of hydrogen-bond donors (Lipinski definition) is 1. The fourth-order valence-electron chi connectivity index (χ4n) is 3.16. The second kappa shape index (κ2) is 8.02. The summed E-state index contributed by atoms with van der Waals surface area (Å²) in [4.78, 5) is 38.4. The number of pyridine rings is 1. The minimum Gasteiger partial charge on any atom is -0.467 e. The molecule has 0 saturated heterocycles. The molecule has 4 aromatic rings. The highest BCUT2D eigenvalue weighted by atomic mass is 16.5. The van der Waals surface area contributed by atoms with Gasteiger partial charge in [-0.2, -0.15) is 0 Å². The first-order chi connectivity index (χ1) is 14.2. The Balaban J connectivity index is 1.61. The Morgan fingerprint density at radius 1 is 1.00 bits per heavy atom. The van der Waals surface area contributed by atoms with E-state index in [-0.39, 0.29) is 6.42 Å². The van der Waals surface area contributed by atoms with Crippen molar-refractivity contribution in [2.45, 2.75) is 12.5 Å². The standard InChI is InChI=1S/C22H18N4O3/c1-29-22(28)19(12-15-13-24-17-9-2-3-10-18(17)25-15)26-21(27)16-8-4-6-14-7-5-11-23-20(14)16/h2-11,13,19H,12H2,1H3,(H,26,27)/t19-/m0/s1. The molecular formula is C22H18N4O3. The monoisotopic (exact) mass is 386 g/mol. The van der Waals surface area contributed by atoms with Crippen LogP contribution >= 0.6 is 0 Å². The van der Waals surface area contributed by atoms with Gasteiger partial charge in [-0.15, -0.1) is 0 Å². The molecule has 0 fully saturated rings. The quantitative estimate of drug-likeness (QED) is 0.530. The van der Waals surface area contributed by atoms with Crippen molar-refractivity contribution < 1.29 is 14.3 Å². The Kier molecular flexibility index (Phi) is 5.11. The first-order valence-corrected chi connectivity index (χ1v) is 9.09. The molecule has 0 aliphatic rings. The fraction of sp³-hybridized carbons (Fsp3) is 0.136. The van der Waals surface area contributed by atoms with E-state index in [0.717, 1.165) is 16.4 Å². The lowest BCUT2D eigenvalue weighted by atomic mass is 10.1. The maximum absolute atomic E-state index is 12.9. The molecule has 0 aliphatic carbocycles. The van der Waals surface area contributed by atoms with Gasteiger partial charge >= 0.3 is 5.97 Å². The van der Waals surface area contributed by atoms with Gasteiger partial charge in [0, 0.05) is 24.2 Å². The van der Waals surface area contributed by atoms with E-state index in [1.165, 1.54) is 7.11 Å². The molecule has 2 aromatic carbocycles. The number of rotatable bonds is 5. The molecule has 7 heteroatoms. The number of para-hydroxylation sites is 3. The summed E-state index contributed by atoms with van der Waals surface area (Å²) < 4.78 is 4.88. The van der Waals surface area contributed by atoms with Crippen LogP contribution < -0.4 is 5.32 Å². The number of carbonyl (C=O) groups is 2. The Morgan fingerprint density at radius 2 is 1.79 bits per heavy atom. The third-order valence-corrected chi connectivity index (χ3v) is 4.58.